The van der Waals surface area contributed by atoms with Crippen molar-refractivity contribution in [2.45, 2.75) is 29.8 Å². The molecule has 1 aromatic heterocycles. The topological polar surface area (TPSA) is 122 Å². The lowest BCUT2D eigenvalue weighted by atomic mass is 10.1. The number of aromatic nitrogens is 2. The predicted octanol–water partition coefficient (Wildman–Crippen LogP) is 3.82. The third-order valence-corrected chi connectivity index (χ3v) is 6.42. The second kappa shape index (κ2) is 10.4. The molecule has 9 heteroatoms. The summed E-state index contributed by atoms with van der Waals surface area (Å²) in [6.45, 7) is 2.61. The normalized spacial score (nSPS) is 11.1. The molecule has 31 heavy (non-hydrogen) atoms. The summed E-state index contributed by atoms with van der Waals surface area (Å²) in [5, 5.41) is 18.8. The maximum atomic E-state index is 11.4. The summed E-state index contributed by atoms with van der Waals surface area (Å²) in [7, 11) is -3.71. The highest BCUT2D eigenvalue weighted by molar-refractivity contribution is 7.99. The average Bonchev–Trinajstić information content (AvgIpc) is 2.77. The number of nitrogens with zero attached hydrogens (tertiary/aromatic N) is 3. The van der Waals surface area contributed by atoms with Crippen LogP contribution >= 0.6 is 11.8 Å². The zero-order valence-corrected chi connectivity index (χ0v) is 18.7. The molecule has 0 aliphatic heterocycles. The van der Waals surface area contributed by atoms with E-state index in [0.29, 0.717) is 35.2 Å². The molecular formula is C22H23N5O2S2. The van der Waals surface area contributed by atoms with Gasteiger partial charge in [0.05, 0.1) is 10.6 Å². The van der Waals surface area contributed by atoms with Crippen LogP contribution in [0.25, 0.3) is 11.3 Å². The van der Waals surface area contributed by atoms with Crippen LogP contribution in [0, 0.1) is 11.3 Å². The van der Waals surface area contributed by atoms with E-state index in [9.17, 15) is 13.7 Å². The molecule has 3 N–H and O–H groups in total. The van der Waals surface area contributed by atoms with Crippen LogP contribution in [0.5, 0.6) is 0 Å². The van der Waals surface area contributed by atoms with E-state index >= 15 is 0 Å². The Balaban J connectivity index is 1.83. The Morgan fingerprint density at radius 2 is 1.81 bits per heavy atom. The SMILES string of the molecule is CCCSc1nc(NCCc2ccc(S(N)(=O)=O)cc2)c(C#N)c(-c2ccccc2)n1. The van der Waals surface area contributed by atoms with Crippen molar-refractivity contribution in [2.75, 3.05) is 17.6 Å². The molecule has 160 valence electrons. The molecule has 0 fully saturated rings. The molecule has 0 radical (unpaired) electrons. The van der Waals surface area contributed by atoms with E-state index in [1.165, 1.54) is 12.1 Å². The molecule has 0 aliphatic carbocycles. The van der Waals surface area contributed by atoms with Crippen molar-refractivity contribution >= 4 is 27.6 Å². The van der Waals surface area contributed by atoms with E-state index in [2.05, 4.69) is 28.3 Å². The second-order valence-electron chi connectivity index (χ2n) is 6.77. The van der Waals surface area contributed by atoms with Gasteiger partial charge in [0.1, 0.15) is 17.5 Å². The van der Waals surface area contributed by atoms with E-state index < -0.39 is 10.0 Å². The van der Waals surface area contributed by atoms with E-state index in [4.69, 9.17) is 5.14 Å². The fourth-order valence-electron chi connectivity index (χ4n) is 2.91. The van der Waals surface area contributed by atoms with Crippen molar-refractivity contribution in [2.24, 2.45) is 5.14 Å². The Labute approximate surface area is 186 Å². The van der Waals surface area contributed by atoms with Crippen LogP contribution in [0.3, 0.4) is 0 Å². The lowest BCUT2D eigenvalue weighted by molar-refractivity contribution is 0.598. The molecule has 7 nitrogen and oxygen atoms in total. The molecule has 0 spiro atoms. The fraction of sp³-hybridized carbons (Fsp3) is 0.227. The van der Waals surface area contributed by atoms with Crippen molar-refractivity contribution < 1.29 is 8.42 Å². The van der Waals surface area contributed by atoms with Gasteiger partial charge < -0.3 is 5.32 Å². The Hall–Kier alpha value is -2.93. The largest absolute Gasteiger partial charge is 0.368 e. The minimum absolute atomic E-state index is 0.0804. The van der Waals surface area contributed by atoms with Crippen molar-refractivity contribution in [3.63, 3.8) is 0 Å². The van der Waals surface area contributed by atoms with Crippen LogP contribution in [0.4, 0.5) is 5.82 Å². The number of hydrogen-bond acceptors (Lipinski definition) is 7. The maximum Gasteiger partial charge on any atom is 0.238 e. The Bertz CT molecular complexity index is 1180. The molecule has 0 atom stereocenters. The first-order valence-corrected chi connectivity index (χ1v) is 12.3. The van der Waals surface area contributed by atoms with E-state index in [1.807, 2.05) is 30.3 Å². The molecule has 0 amide bonds. The van der Waals surface area contributed by atoms with Gasteiger partial charge in [-0.3, -0.25) is 0 Å². The summed E-state index contributed by atoms with van der Waals surface area (Å²) in [4.78, 5) is 9.28. The third kappa shape index (κ3) is 6.04. The van der Waals surface area contributed by atoms with E-state index in [0.717, 1.165) is 23.3 Å². The van der Waals surface area contributed by atoms with Crippen LogP contribution in [-0.2, 0) is 16.4 Å². The van der Waals surface area contributed by atoms with Crippen LogP contribution in [0.1, 0.15) is 24.5 Å². The number of benzene rings is 2. The van der Waals surface area contributed by atoms with Gasteiger partial charge in [-0.25, -0.2) is 23.5 Å². The quantitative estimate of drug-likeness (QED) is 0.373. The molecule has 1 heterocycles. The second-order valence-corrected chi connectivity index (χ2v) is 9.39. The van der Waals surface area contributed by atoms with Gasteiger partial charge in [0.2, 0.25) is 10.0 Å². The summed E-state index contributed by atoms with van der Waals surface area (Å²) in [6, 6.07) is 18.3. The molecule has 3 rings (SSSR count). The van der Waals surface area contributed by atoms with Crippen molar-refractivity contribution in [1.29, 1.82) is 5.26 Å². The van der Waals surface area contributed by atoms with Crippen molar-refractivity contribution in [3.05, 3.63) is 65.7 Å². The molecule has 0 aliphatic rings. The third-order valence-electron chi connectivity index (χ3n) is 4.44. The summed E-state index contributed by atoms with van der Waals surface area (Å²) in [6.07, 6.45) is 1.61. The van der Waals surface area contributed by atoms with Gasteiger partial charge in [-0.2, -0.15) is 5.26 Å². The zero-order valence-electron chi connectivity index (χ0n) is 17.1. The number of nitrogens with one attached hydrogen (secondary N) is 1. The van der Waals surface area contributed by atoms with Crippen LogP contribution in [0.2, 0.25) is 0 Å². The highest BCUT2D eigenvalue weighted by Gasteiger charge is 2.16. The Morgan fingerprint density at radius 3 is 2.42 bits per heavy atom. The smallest absolute Gasteiger partial charge is 0.238 e. The summed E-state index contributed by atoms with van der Waals surface area (Å²) < 4.78 is 22.8. The molecule has 0 unspecified atom stereocenters. The molecular weight excluding hydrogens is 430 g/mol. The number of anilines is 1. The van der Waals surface area contributed by atoms with Gasteiger partial charge in [-0.1, -0.05) is 61.2 Å². The number of nitrogens with two attached hydrogens (primary N) is 1. The predicted molar refractivity (Wildman–Crippen MR) is 123 cm³/mol. The number of sulfonamides is 1. The standard InChI is InChI=1S/C22H23N5O2S2/c1-2-14-30-22-26-20(17-6-4-3-5-7-17)19(15-23)21(27-22)25-13-12-16-8-10-18(11-9-16)31(24,28)29/h3-11H,2,12-14H2,1H3,(H2,24,28,29)(H,25,26,27). The van der Waals surface area contributed by atoms with Crippen LogP contribution in [0.15, 0.2) is 64.6 Å². The Kier molecular flexibility index (Phi) is 7.63. The molecule has 2 aromatic carbocycles. The highest BCUT2D eigenvalue weighted by atomic mass is 32.2. The van der Waals surface area contributed by atoms with Gasteiger partial charge in [-0.05, 0) is 30.5 Å². The molecule has 0 saturated carbocycles. The first kappa shape index (κ1) is 22.7. The molecule has 3 aromatic rings. The fourth-order valence-corrected chi connectivity index (χ4v) is 4.12. The average molecular weight is 454 g/mol. The van der Waals surface area contributed by atoms with Crippen LogP contribution < -0.4 is 10.5 Å². The summed E-state index contributed by atoms with van der Waals surface area (Å²) >= 11 is 1.56. The monoisotopic (exact) mass is 453 g/mol. The van der Waals surface area contributed by atoms with Crippen LogP contribution in [-0.4, -0.2) is 30.7 Å². The lowest BCUT2D eigenvalue weighted by Gasteiger charge is -2.13. The number of nitriles is 1. The summed E-state index contributed by atoms with van der Waals surface area (Å²) in [5.41, 5.74) is 2.81. The van der Waals surface area contributed by atoms with Gasteiger partial charge in [-0.15, -0.1) is 0 Å². The number of hydrogen-bond donors (Lipinski definition) is 2. The number of rotatable bonds is 9. The van der Waals surface area contributed by atoms with E-state index in [1.54, 1.807) is 23.9 Å². The molecule has 0 saturated heterocycles. The van der Waals surface area contributed by atoms with Gasteiger partial charge in [0, 0.05) is 17.9 Å². The number of thioether (sulfide) groups is 1. The van der Waals surface area contributed by atoms with Gasteiger partial charge in [0.25, 0.3) is 0 Å². The highest BCUT2D eigenvalue weighted by Crippen LogP contribution is 2.29. The molecule has 0 bridgehead atoms. The first-order valence-electron chi connectivity index (χ1n) is 9.78. The van der Waals surface area contributed by atoms with Gasteiger partial charge >= 0.3 is 0 Å². The first-order chi connectivity index (χ1) is 14.9. The zero-order chi connectivity index (χ0) is 22.3. The Morgan fingerprint density at radius 1 is 1.10 bits per heavy atom. The van der Waals surface area contributed by atoms with E-state index in [-0.39, 0.29) is 4.90 Å². The van der Waals surface area contributed by atoms with Gasteiger partial charge in [0.15, 0.2) is 5.16 Å². The number of primary sulfonamides is 1. The minimum Gasteiger partial charge on any atom is -0.368 e. The maximum absolute atomic E-state index is 11.4. The lowest BCUT2D eigenvalue weighted by Crippen LogP contribution is -2.12. The summed E-state index contributed by atoms with van der Waals surface area (Å²) in [5.74, 6) is 1.38. The van der Waals surface area contributed by atoms with Crippen molar-refractivity contribution in [3.8, 4) is 17.3 Å². The van der Waals surface area contributed by atoms with Crippen molar-refractivity contribution in [1.82, 2.24) is 9.97 Å². The minimum atomic E-state index is -3.71.